The minimum atomic E-state index is 0.0132. The lowest BCUT2D eigenvalue weighted by Crippen LogP contribution is -2.29. The minimum absolute atomic E-state index is 0.0132. The lowest BCUT2D eigenvalue weighted by atomic mass is 10.3. The third kappa shape index (κ3) is 3.20. The van der Waals surface area contributed by atoms with Crippen molar-refractivity contribution >= 4 is 28.8 Å². The van der Waals surface area contributed by atoms with E-state index in [1.54, 1.807) is 4.90 Å². The topological polar surface area (TPSA) is 32.3 Å². The third-order valence-corrected chi connectivity index (χ3v) is 4.05. The van der Waals surface area contributed by atoms with Gasteiger partial charge in [0.15, 0.2) is 0 Å². The highest BCUT2D eigenvalue weighted by Gasteiger charge is 2.17. The highest BCUT2D eigenvalue weighted by molar-refractivity contribution is 7.13. The molecule has 1 amide bonds. The van der Waals surface area contributed by atoms with E-state index in [2.05, 4.69) is 5.32 Å². The van der Waals surface area contributed by atoms with Crippen LogP contribution in [-0.4, -0.2) is 38.0 Å². The number of thiophene rings is 1. The Bertz CT molecular complexity index is 365. The monoisotopic (exact) mass is 260 g/mol. The first kappa shape index (κ1) is 13.5. The van der Waals surface area contributed by atoms with Crippen LogP contribution in [0.25, 0.3) is 0 Å². The van der Waals surface area contributed by atoms with Crippen LogP contribution in [0.4, 0.5) is 0 Å². The summed E-state index contributed by atoms with van der Waals surface area (Å²) in [6.45, 7) is 3.57. The predicted octanol–water partition coefficient (Wildman–Crippen LogP) is 2.39. The first-order valence-electron chi connectivity index (χ1n) is 5.21. The number of nitrogens with one attached hydrogen (secondary N) is 1. The molecule has 0 saturated carbocycles. The van der Waals surface area contributed by atoms with Gasteiger partial charge in [0.1, 0.15) is 4.88 Å². The first-order chi connectivity index (χ1) is 7.57. The van der Waals surface area contributed by atoms with Crippen LogP contribution < -0.4 is 5.32 Å². The summed E-state index contributed by atoms with van der Waals surface area (Å²) in [6, 6.07) is 0. The number of rotatable bonds is 5. The van der Waals surface area contributed by atoms with E-state index < -0.39 is 0 Å². The maximum atomic E-state index is 12.0. The molecule has 0 aliphatic heterocycles. The Hall–Kier alpha value is -0.580. The zero-order chi connectivity index (χ0) is 12.1. The molecule has 0 unspecified atom stereocenters. The van der Waals surface area contributed by atoms with Crippen molar-refractivity contribution in [3.8, 4) is 0 Å². The summed E-state index contributed by atoms with van der Waals surface area (Å²) in [5.74, 6) is 0.0132. The number of carbonyl (C=O) groups excluding carboxylic acids is 1. The Kier molecular flexibility index (Phi) is 5.25. The normalized spacial score (nSPS) is 10.5. The Morgan fingerprint density at radius 2 is 2.31 bits per heavy atom. The highest BCUT2D eigenvalue weighted by atomic mass is 35.5. The minimum Gasteiger partial charge on any atom is -0.341 e. The van der Waals surface area contributed by atoms with Crippen LogP contribution in [0.5, 0.6) is 0 Å². The summed E-state index contributed by atoms with van der Waals surface area (Å²) in [6.07, 6.45) is 0.945. The van der Waals surface area contributed by atoms with E-state index in [1.165, 1.54) is 11.3 Å². The molecule has 0 fully saturated rings. The molecule has 0 aliphatic carbocycles. The quantitative estimate of drug-likeness (QED) is 0.825. The summed E-state index contributed by atoms with van der Waals surface area (Å²) >= 11 is 7.47. The van der Waals surface area contributed by atoms with Crippen LogP contribution >= 0.6 is 22.9 Å². The van der Waals surface area contributed by atoms with Gasteiger partial charge in [-0.25, -0.2) is 0 Å². The third-order valence-electron chi connectivity index (χ3n) is 2.36. The van der Waals surface area contributed by atoms with Crippen molar-refractivity contribution in [1.82, 2.24) is 10.2 Å². The Morgan fingerprint density at radius 3 is 2.81 bits per heavy atom. The summed E-state index contributed by atoms with van der Waals surface area (Å²) in [7, 11) is 3.71. The van der Waals surface area contributed by atoms with Crippen molar-refractivity contribution in [2.45, 2.75) is 13.3 Å². The second-order valence-electron chi connectivity index (χ2n) is 3.75. The van der Waals surface area contributed by atoms with E-state index in [0.29, 0.717) is 9.90 Å². The molecule has 1 heterocycles. The van der Waals surface area contributed by atoms with Crippen molar-refractivity contribution in [3.63, 3.8) is 0 Å². The van der Waals surface area contributed by atoms with Gasteiger partial charge in [0.05, 0.1) is 5.02 Å². The van der Waals surface area contributed by atoms with Crippen LogP contribution in [0.15, 0.2) is 5.38 Å². The van der Waals surface area contributed by atoms with Crippen LogP contribution in [0.3, 0.4) is 0 Å². The molecule has 1 aromatic heterocycles. The fraction of sp³-hybridized carbons (Fsp3) is 0.545. The number of hydrogen-bond donors (Lipinski definition) is 1. The number of halogens is 1. The fourth-order valence-electron chi connectivity index (χ4n) is 1.34. The Labute approximate surface area is 105 Å². The SMILES string of the molecule is CNCCCN(C)C(=O)c1scc(C)c1Cl. The van der Waals surface area contributed by atoms with Gasteiger partial charge in [0.25, 0.3) is 5.91 Å². The van der Waals surface area contributed by atoms with Gasteiger partial charge in [-0.3, -0.25) is 4.79 Å². The van der Waals surface area contributed by atoms with E-state index >= 15 is 0 Å². The van der Waals surface area contributed by atoms with Crippen molar-refractivity contribution < 1.29 is 4.79 Å². The number of carbonyl (C=O) groups is 1. The van der Waals surface area contributed by atoms with Crippen LogP contribution in [0.2, 0.25) is 5.02 Å². The first-order valence-corrected chi connectivity index (χ1v) is 6.47. The number of nitrogens with zero attached hydrogens (tertiary/aromatic N) is 1. The van der Waals surface area contributed by atoms with Crippen LogP contribution in [0.1, 0.15) is 21.7 Å². The molecule has 0 atom stereocenters. The van der Waals surface area contributed by atoms with Crippen LogP contribution in [-0.2, 0) is 0 Å². The van der Waals surface area contributed by atoms with Gasteiger partial charge < -0.3 is 10.2 Å². The Morgan fingerprint density at radius 1 is 1.62 bits per heavy atom. The average Bonchev–Trinajstić information content (AvgIpc) is 2.59. The molecular formula is C11H17ClN2OS. The van der Waals surface area contributed by atoms with Gasteiger partial charge in [0.2, 0.25) is 0 Å². The van der Waals surface area contributed by atoms with Gasteiger partial charge in [-0.15, -0.1) is 11.3 Å². The van der Waals surface area contributed by atoms with E-state index in [-0.39, 0.29) is 5.91 Å². The molecule has 1 rings (SSSR count). The molecule has 1 N–H and O–H groups in total. The zero-order valence-corrected chi connectivity index (χ0v) is 11.4. The molecular weight excluding hydrogens is 244 g/mol. The smallest absolute Gasteiger partial charge is 0.265 e. The van der Waals surface area contributed by atoms with Gasteiger partial charge in [-0.2, -0.15) is 0 Å². The molecule has 90 valence electrons. The summed E-state index contributed by atoms with van der Waals surface area (Å²) < 4.78 is 0. The van der Waals surface area contributed by atoms with E-state index in [4.69, 9.17) is 11.6 Å². The van der Waals surface area contributed by atoms with E-state index in [1.807, 2.05) is 26.4 Å². The van der Waals surface area contributed by atoms with Crippen molar-refractivity contribution in [1.29, 1.82) is 0 Å². The lowest BCUT2D eigenvalue weighted by Gasteiger charge is -2.16. The van der Waals surface area contributed by atoms with Crippen molar-refractivity contribution in [3.05, 3.63) is 20.8 Å². The molecule has 0 aromatic carbocycles. The number of hydrogen-bond acceptors (Lipinski definition) is 3. The second kappa shape index (κ2) is 6.23. The highest BCUT2D eigenvalue weighted by Crippen LogP contribution is 2.27. The largest absolute Gasteiger partial charge is 0.341 e. The molecule has 16 heavy (non-hydrogen) atoms. The summed E-state index contributed by atoms with van der Waals surface area (Å²) in [4.78, 5) is 14.4. The lowest BCUT2D eigenvalue weighted by molar-refractivity contribution is 0.0798. The maximum Gasteiger partial charge on any atom is 0.265 e. The predicted molar refractivity (Wildman–Crippen MR) is 69.6 cm³/mol. The molecule has 0 aliphatic rings. The van der Waals surface area contributed by atoms with Crippen LogP contribution in [0, 0.1) is 6.92 Å². The average molecular weight is 261 g/mol. The molecule has 3 nitrogen and oxygen atoms in total. The van der Waals surface area contributed by atoms with Gasteiger partial charge in [-0.1, -0.05) is 11.6 Å². The molecule has 1 aromatic rings. The van der Waals surface area contributed by atoms with Gasteiger partial charge >= 0.3 is 0 Å². The maximum absolute atomic E-state index is 12.0. The molecule has 0 spiro atoms. The summed E-state index contributed by atoms with van der Waals surface area (Å²) in [5.41, 5.74) is 0.971. The number of amides is 1. The Balaban J connectivity index is 2.60. The zero-order valence-electron chi connectivity index (χ0n) is 9.84. The van der Waals surface area contributed by atoms with Crippen molar-refractivity contribution in [2.24, 2.45) is 0 Å². The second-order valence-corrected chi connectivity index (χ2v) is 5.00. The summed E-state index contributed by atoms with van der Waals surface area (Å²) in [5, 5.41) is 5.56. The van der Waals surface area contributed by atoms with E-state index in [9.17, 15) is 4.79 Å². The number of aryl methyl sites for hydroxylation is 1. The molecule has 0 bridgehead atoms. The standard InChI is InChI=1S/C11H17ClN2OS/c1-8-7-16-10(9(8)12)11(15)14(3)6-4-5-13-2/h7,13H,4-6H2,1-3H3. The fourth-order valence-corrected chi connectivity index (χ4v) is 2.61. The van der Waals surface area contributed by atoms with Crippen molar-refractivity contribution in [2.75, 3.05) is 27.2 Å². The molecule has 0 saturated heterocycles. The van der Waals surface area contributed by atoms with Gasteiger partial charge in [-0.05, 0) is 37.9 Å². The van der Waals surface area contributed by atoms with E-state index in [0.717, 1.165) is 25.1 Å². The molecule has 0 radical (unpaired) electrons. The molecule has 5 heteroatoms. The van der Waals surface area contributed by atoms with Gasteiger partial charge in [0, 0.05) is 13.6 Å².